The van der Waals surface area contributed by atoms with Gasteiger partial charge in [0.1, 0.15) is 11.5 Å². The molecular formula is C21H19BrN2O5S. The number of methoxy groups -OCH3 is 1. The van der Waals surface area contributed by atoms with Crippen molar-refractivity contribution in [2.45, 2.75) is 4.90 Å². The van der Waals surface area contributed by atoms with Crippen molar-refractivity contribution >= 4 is 43.2 Å². The first-order chi connectivity index (χ1) is 14.4. The van der Waals surface area contributed by atoms with E-state index < -0.39 is 15.9 Å². The third-order valence-corrected chi connectivity index (χ3v) is 5.86. The molecule has 0 spiro atoms. The minimum atomic E-state index is -3.83. The van der Waals surface area contributed by atoms with Gasteiger partial charge in [-0.25, -0.2) is 8.42 Å². The Morgan fingerprint density at radius 3 is 2.27 bits per heavy atom. The molecule has 3 rings (SSSR count). The number of halogens is 1. The van der Waals surface area contributed by atoms with Crippen molar-refractivity contribution in [3.8, 4) is 11.5 Å². The van der Waals surface area contributed by atoms with Gasteiger partial charge in [0, 0.05) is 15.8 Å². The van der Waals surface area contributed by atoms with Gasteiger partial charge in [-0.05, 0) is 66.7 Å². The second kappa shape index (κ2) is 9.64. The van der Waals surface area contributed by atoms with E-state index >= 15 is 0 Å². The highest BCUT2D eigenvalue weighted by atomic mass is 79.9. The number of anilines is 2. The summed E-state index contributed by atoms with van der Waals surface area (Å²) in [6.07, 6.45) is 0. The summed E-state index contributed by atoms with van der Waals surface area (Å²) in [6.45, 7) is -0.206. The standard InChI is InChI=1S/C21H19BrN2O5S/c1-28-18-11-7-16(8-12-18)24-30(26,27)20-4-2-3-17(13-20)23-21(25)14-29-19-9-5-15(22)6-10-19/h2-13,24H,14H2,1H3,(H,23,25). The Hall–Kier alpha value is -3.04. The fourth-order valence-corrected chi connectivity index (χ4v) is 3.86. The van der Waals surface area contributed by atoms with Gasteiger partial charge in [-0.1, -0.05) is 22.0 Å². The van der Waals surface area contributed by atoms with Gasteiger partial charge in [-0.15, -0.1) is 0 Å². The minimum Gasteiger partial charge on any atom is -0.497 e. The Morgan fingerprint density at radius 2 is 1.60 bits per heavy atom. The number of hydrogen-bond acceptors (Lipinski definition) is 5. The summed E-state index contributed by atoms with van der Waals surface area (Å²) >= 11 is 3.32. The first kappa shape index (κ1) is 21.7. The quantitative estimate of drug-likeness (QED) is 0.491. The van der Waals surface area contributed by atoms with Gasteiger partial charge in [0.15, 0.2) is 6.61 Å². The Morgan fingerprint density at radius 1 is 0.933 bits per heavy atom. The molecule has 156 valence electrons. The van der Waals surface area contributed by atoms with Gasteiger partial charge >= 0.3 is 0 Å². The van der Waals surface area contributed by atoms with Crippen molar-refractivity contribution < 1.29 is 22.7 Å². The summed E-state index contributed by atoms with van der Waals surface area (Å²) in [5.74, 6) is 0.761. The maximum absolute atomic E-state index is 12.6. The minimum absolute atomic E-state index is 0.0185. The molecule has 9 heteroatoms. The molecule has 30 heavy (non-hydrogen) atoms. The molecule has 0 fully saturated rings. The van der Waals surface area contributed by atoms with E-state index in [0.717, 1.165) is 4.47 Å². The van der Waals surface area contributed by atoms with Crippen molar-refractivity contribution in [1.82, 2.24) is 0 Å². The zero-order chi connectivity index (χ0) is 21.6. The smallest absolute Gasteiger partial charge is 0.262 e. The summed E-state index contributed by atoms with van der Waals surface area (Å²) in [4.78, 5) is 12.2. The van der Waals surface area contributed by atoms with Crippen LogP contribution < -0.4 is 19.5 Å². The number of ether oxygens (including phenoxy) is 2. The lowest BCUT2D eigenvalue weighted by Crippen LogP contribution is -2.20. The zero-order valence-electron chi connectivity index (χ0n) is 16.0. The maximum atomic E-state index is 12.6. The predicted octanol–water partition coefficient (Wildman–Crippen LogP) is 4.28. The third-order valence-electron chi connectivity index (χ3n) is 3.95. The Kier molecular flexibility index (Phi) is 6.96. The van der Waals surface area contributed by atoms with Crippen molar-refractivity contribution in [3.63, 3.8) is 0 Å². The molecule has 0 atom stereocenters. The van der Waals surface area contributed by atoms with Crippen LogP contribution in [0.15, 0.2) is 82.2 Å². The molecule has 3 aromatic carbocycles. The van der Waals surface area contributed by atoms with Crippen LogP contribution in [0.5, 0.6) is 11.5 Å². The molecule has 0 aliphatic rings. The molecule has 0 unspecified atom stereocenters. The van der Waals surface area contributed by atoms with Crippen molar-refractivity contribution in [3.05, 3.63) is 77.3 Å². The van der Waals surface area contributed by atoms with E-state index in [4.69, 9.17) is 9.47 Å². The van der Waals surface area contributed by atoms with Crippen LogP contribution in [0.25, 0.3) is 0 Å². The van der Waals surface area contributed by atoms with Crippen LogP contribution in [0.4, 0.5) is 11.4 Å². The van der Waals surface area contributed by atoms with E-state index in [0.29, 0.717) is 22.9 Å². The molecule has 2 N–H and O–H groups in total. The lowest BCUT2D eigenvalue weighted by atomic mass is 10.3. The van der Waals surface area contributed by atoms with E-state index in [1.165, 1.54) is 19.2 Å². The number of nitrogens with one attached hydrogen (secondary N) is 2. The van der Waals surface area contributed by atoms with E-state index in [1.54, 1.807) is 60.7 Å². The Labute approximate surface area is 183 Å². The Balaban J connectivity index is 1.63. The summed E-state index contributed by atoms with van der Waals surface area (Å²) in [6, 6.07) is 19.5. The molecule has 3 aromatic rings. The molecular weight excluding hydrogens is 472 g/mol. The van der Waals surface area contributed by atoms with Crippen molar-refractivity contribution in [2.24, 2.45) is 0 Å². The van der Waals surface area contributed by atoms with E-state index in [1.807, 2.05) is 0 Å². The molecule has 7 nitrogen and oxygen atoms in total. The number of hydrogen-bond donors (Lipinski definition) is 2. The number of amides is 1. The van der Waals surface area contributed by atoms with Crippen LogP contribution >= 0.6 is 15.9 Å². The van der Waals surface area contributed by atoms with Gasteiger partial charge in [0.25, 0.3) is 15.9 Å². The molecule has 0 heterocycles. The van der Waals surface area contributed by atoms with Gasteiger partial charge in [0.2, 0.25) is 0 Å². The van der Waals surface area contributed by atoms with Crippen molar-refractivity contribution in [1.29, 1.82) is 0 Å². The average molecular weight is 491 g/mol. The second-order valence-corrected chi connectivity index (χ2v) is 8.75. The zero-order valence-corrected chi connectivity index (χ0v) is 18.4. The predicted molar refractivity (Wildman–Crippen MR) is 119 cm³/mol. The highest BCUT2D eigenvalue weighted by Crippen LogP contribution is 2.21. The second-order valence-electron chi connectivity index (χ2n) is 6.15. The van der Waals surface area contributed by atoms with Crippen LogP contribution in [-0.4, -0.2) is 28.0 Å². The van der Waals surface area contributed by atoms with Crippen LogP contribution in [0.1, 0.15) is 0 Å². The number of sulfonamides is 1. The molecule has 0 saturated heterocycles. The van der Waals surface area contributed by atoms with Gasteiger partial charge < -0.3 is 14.8 Å². The van der Waals surface area contributed by atoms with Crippen LogP contribution in [-0.2, 0) is 14.8 Å². The molecule has 0 aliphatic heterocycles. The largest absolute Gasteiger partial charge is 0.497 e. The summed E-state index contributed by atoms with van der Waals surface area (Å²) in [7, 11) is -2.30. The summed E-state index contributed by atoms with van der Waals surface area (Å²) in [5, 5.41) is 2.63. The first-order valence-electron chi connectivity index (χ1n) is 8.81. The number of benzene rings is 3. The van der Waals surface area contributed by atoms with E-state index in [-0.39, 0.29) is 11.5 Å². The molecule has 0 bridgehead atoms. The normalized spacial score (nSPS) is 10.9. The van der Waals surface area contributed by atoms with Crippen molar-refractivity contribution in [2.75, 3.05) is 23.8 Å². The lowest BCUT2D eigenvalue weighted by molar-refractivity contribution is -0.118. The van der Waals surface area contributed by atoms with Crippen LogP contribution in [0.2, 0.25) is 0 Å². The van der Waals surface area contributed by atoms with Gasteiger partial charge in [0.05, 0.1) is 12.0 Å². The molecule has 0 aromatic heterocycles. The van der Waals surface area contributed by atoms with Crippen LogP contribution in [0.3, 0.4) is 0 Å². The number of rotatable bonds is 8. The average Bonchev–Trinajstić information content (AvgIpc) is 2.74. The molecule has 0 radical (unpaired) electrons. The lowest BCUT2D eigenvalue weighted by Gasteiger charge is -2.11. The SMILES string of the molecule is COc1ccc(NS(=O)(=O)c2cccc(NC(=O)COc3ccc(Br)cc3)c2)cc1. The highest BCUT2D eigenvalue weighted by Gasteiger charge is 2.15. The Bertz CT molecular complexity index is 1120. The van der Waals surface area contributed by atoms with Gasteiger partial charge in [-0.3, -0.25) is 9.52 Å². The monoisotopic (exact) mass is 490 g/mol. The third kappa shape index (κ3) is 5.98. The number of carbonyl (C=O) groups excluding carboxylic acids is 1. The first-order valence-corrected chi connectivity index (χ1v) is 11.1. The number of carbonyl (C=O) groups is 1. The fourth-order valence-electron chi connectivity index (χ4n) is 2.49. The molecule has 0 saturated carbocycles. The van der Waals surface area contributed by atoms with E-state index in [2.05, 4.69) is 26.0 Å². The maximum Gasteiger partial charge on any atom is 0.262 e. The summed E-state index contributed by atoms with van der Waals surface area (Å²) in [5.41, 5.74) is 0.741. The molecule has 0 aliphatic carbocycles. The summed E-state index contributed by atoms with van der Waals surface area (Å²) < 4.78 is 39.2. The highest BCUT2D eigenvalue weighted by molar-refractivity contribution is 9.10. The fraction of sp³-hybridized carbons (Fsp3) is 0.0952. The topological polar surface area (TPSA) is 93.7 Å². The van der Waals surface area contributed by atoms with E-state index in [9.17, 15) is 13.2 Å². The van der Waals surface area contributed by atoms with Crippen LogP contribution in [0, 0.1) is 0 Å². The molecule has 1 amide bonds. The van der Waals surface area contributed by atoms with Gasteiger partial charge in [-0.2, -0.15) is 0 Å².